The van der Waals surface area contributed by atoms with Gasteiger partial charge in [0.2, 0.25) is 0 Å². The lowest BCUT2D eigenvalue weighted by molar-refractivity contribution is -0.0506. The molecular weight excluding hydrogens is 276 g/mol. The molecule has 0 heterocycles. The minimum absolute atomic E-state index is 0.157. The molecule has 0 saturated heterocycles. The number of alkyl halides is 2. The number of rotatable bonds is 6. The molecule has 5 heteroatoms. The van der Waals surface area contributed by atoms with Gasteiger partial charge in [0.15, 0.2) is 0 Å². The first-order valence-electron chi connectivity index (χ1n) is 6.62. The smallest absolute Gasteiger partial charge is 0.387 e. The predicted octanol–water partition coefficient (Wildman–Crippen LogP) is 3.84. The number of aromatic hydroxyl groups is 1. The fourth-order valence-corrected chi connectivity index (χ4v) is 2.07. The van der Waals surface area contributed by atoms with Crippen molar-refractivity contribution in [2.75, 3.05) is 0 Å². The summed E-state index contributed by atoms with van der Waals surface area (Å²) in [5.41, 5.74) is 1.39. The summed E-state index contributed by atoms with van der Waals surface area (Å²) < 4.78 is 29.3. The van der Waals surface area contributed by atoms with Gasteiger partial charge in [-0.25, -0.2) is 0 Å². The van der Waals surface area contributed by atoms with Crippen molar-refractivity contribution in [3.63, 3.8) is 0 Å². The molecule has 21 heavy (non-hydrogen) atoms. The third-order valence-corrected chi connectivity index (χ3v) is 3.19. The molecule has 1 atom stereocenters. The molecule has 0 radical (unpaired) electrons. The van der Waals surface area contributed by atoms with Gasteiger partial charge >= 0.3 is 6.61 Å². The van der Waals surface area contributed by atoms with Crippen molar-refractivity contribution in [3.8, 4) is 11.5 Å². The molecule has 0 aromatic heterocycles. The summed E-state index contributed by atoms with van der Waals surface area (Å²) >= 11 is 0. The highest BCUT2D eigenvalue weighted by atomic mass is 19.3. The minimum atomic E-state index is -2.85. The second-order valence-corrected chi connectivity index (χ2v) is 4.65. The van der Waals surface area contributed by atoms with E-state index in [0.29, 0.717) is 12.1 Å². The Labute approximate surface area is 122 Å². The fourth-order valence-electron chi connectivity index (χ4n) is 2.07. The maximum absolute atomic E-state index is 12.4. The Morgan fingerprint density at radius 1 is 1.10 bits per heavy atom. The van der Waals surface area contributed by atoms with Gasteiger partial charge in [-0.3, -0.25) is 0 Å². The Morgan fingerprint density at radius 3 is 2.48 bits per heavy atom. The van der Waals surface area contributed by atoms with E-state index in [2.05, 4.69) is 10.1 Å². The van der Waals surface area contributed by atoms with Crippen LogP contribution in [0.3, 0.4) is 0 Å². The number of phenols is 1. The molecule has 2 aromatic rings. The van der Waals surface area contributed by atoms with Crippen molar-refractivity contribution < 1.29 is 18.6 Å². The highest BCUT2D eigenvalue weighted by Gasteiger charge is 2.14. The Morgan fingerprint density at radius 2 is 1.76 bits per heavy atom. The van der Waals surface area contributed by atoms with Crippen LogP contribution in [0.4, 0.5) is 8.78 Å². The summed E-state index contributed by atoms with van der Waals surface area (Å²) in [6, 6.07) is 13.5. The molecule has 0 bridgehead atoms. The van der Waals surface area contributed by atoms with Crippen molar-refractivity contribution in [2.45, 2.75) is 26.1 Å². The number of ether oxygens (including phenoxy) is 1. The van der Waals surface area contributed by atoms with E-state index in [1.807, 2.05) is 13.0 Å². The van der Waals surface area contributed by atoms with E-state index < -0.39 is 6.61 Å². The van der Waals surface area contributed by atoms with Crippen molar-refractivity contribution in [2.24, 2.45) is 0 Å². The molecule has 1 unspecified atom stereocenters. The number of benzene rings is 2. The molecule has 0 spiro atoms. The first kappa shape index (κ1) is 15.3. The number of phenolic OH excluding ortho intramolecular Hbond substituents is 1. The van der Waals surface area contributed by atoms with Crippen LogP contribution in [0.2, 0.25) is 0 Å². The Bertz CT molecular complexity index is 590. The quantitative estimate of drug-likeness (QED) is 0.850. The van der Waals surface area contributed by atoms with Gasteiger partial charge in [-0.05, 0) is 19.1 Å². The summed E-state index contributed by atoms with van der Waals surface area (Å²) in [5.74, 6) is 0.360. The molecule has 0 amide bonds. The van der Waals surface area contributed by atoms with Crippen LogP contribution < -0.4 is 10.1 Å². The molecule has 3 nitrogen and oxygen atoms in total. The summed E-state index contributed by atoms with van der Waals surface area (Å²) in [4.78, 5) is 0. The van der Waals surface area contributed by atoms with Gasteiger partial charge in [0.1, 0.15) is 11.5 Å². The average Bonchev–Trinajstić information content (AvgIpc) is 2.46. The van der Waals surface area contributed by atoms with Crippen LogP contribution in [-0.2, 0) is 6.54 Å². The predicted molar refractivity (Wildman–Crippen MR) is 76.4 cm³/mol. The first-order chi connectivity index (χ1) is 10.1. The highest BCUT2D eigenvalue weighted by Crippen LogP contribution is 2.27. The van der Waals surface area contributed by atoms with Crippen molar-refractivity contribution in [1.82, 2.24) is 5.32 Å². The van der Waals surface area contributed by atoms with E-state index in [-0.39, 0.29) is 17.5 Å². The van der Waals surface area contributed by atoms with E-state index in [9.17, 15) is 13.9 Å². The van der Waals surface area contributed by atoms with Gasteiger partial charge in [0.25, 0.3) is 0 Å². The molecule has 2 N–H and O–H groups in total. The lowest BCUT2D eigenvalue weighted by Gasteiger charge is -2.18. The maximum Gasteiger partial charge on any atom is 0.387 e. The van der Waals surface area contributed by atoms with Gasteiger partial charge < -0.3 is 15.2 Å². The zero-order chi connectivity index (χ0) is 15.2. The first-order valence-corrected chi connectivity index (χ1v) is 6.62. The zero-order valence-electron chi connectivity index (χ0n) is 11.6. The van der Waals surface area contributed by atoms with E-state index in [4.69, 9.17) is 0 Å². The molecule has 2 aromatic carbocycles. The molecule has 0 aliphatic heterocycles. The molecule has 0 aliphatic rings. The van der Waals surface area contributed by atoms with Crippen molar-refractivity contribution in [3.05, 3.63) is 59.7 Å². The monoisotopic (exact) mass is 293 g/mol. The second kappa shape index (κ2) is 7.04. The lowest BCUT2D eigenvalue weighted by atomic mass is 10.1. The average molecular weight is 293 g/mol. The van der Waals surface area contributed by atoms with Crippen molar-refractivity contribution >= 4 is 0 Å². The maximum atomic E-state index is 12.4. The van der Waals surface area contributed by atoms with Gasteiger partial charge in [-0.15, -0.1) is 0 Å². The normalized spacial score (nSPS) is 12.4. The number of para-hydroxylation sites is 2. The van der Waals surface area contributed by atoms with Crippen LogP contribution in [0, 0.1) is 0 Å². The van der Waals surface area contributed by atoms with Gasteiger partial charge in [-0.1, -0.05) is 36.4 Å². The summed E-state index contributed by atoms with van der Waals surface area (Å²) in [6.07, 6.45) is 0. The minimum Gasteiger partial charge on any atom is -0.508 e. The van der Waals surface area contributed by atoms with Crippen LogP contribution in [0.25, 0.3) is 0 Å². The van der Waals surface area contributed by atoms with Crippen LogP contribution in [0.5, 0.6) is 11.5 Å². The molecule has 2 rings (SSSR count). The summed E-state index contributed by atoms with van der Waals surface area (Å²) in [5, 5.41) is 12.9. The largest absolute Gasteiger partial charge is 0.508 e. The van der Waals surface area contributed by atoms with Crippen molar-refractivity contribution in [1.29, 1.82) is 0 Å². The van der Waals surface area contributed by atoms with E-state index in [0.717, 1.165) is 5.56 Å². The molecule has 112 valence electrons. The Kier molecular flexibility index (Phi) is 5.11. The lowest BCUT2D eigenvalue weighted by Crippen LogP contribution is -2.19. The van der Waals surface area contributed by atoms with Gasteiger partial charge in [-0.2, -0.15) is 8.78 Å². The number of hydrogen-bond acceptors (Lipinski definition) is 3. The van der Waals surface area contributed by atoms with Gasteiger partial charge in [0, 0.05) is 23.7 Å². The van der Waals surface area contributed by atoms with E-state index in [1.165, 1.54) is 6.07 Å². The topological polar surface area (TPSA) is 41.5 Å². The highest BCUT2D eigenvalue weighted by molar-refractivity contribution is 5.36. The third-order valence-electron chi connectivity index (χ3n) is 3.19. The fraction of sp³-hybridized carbons (Fsp3) is 0.250. The molecule has 0 saturated carbocycles. The number of nitrogens with one attached hydrogen (secondary N) is 1. The second-order valence-electron chi connectivity index (χ2n) is 4.65. The molecule has 0 aliphatic carbocycles. The number of halogens is 2. The van der Waals surface area contributed by atoms with Crippen LogP contribution in [0.15, 0.2) is 48.5 Å². The van der Waals surface area contributed by atoms with Crippen LogP contribution in [-0.4, -0.2) is 11.7 Å². The SMILES string of the molecule is CC(NCc1ccccc1O)c1ccccc1OC(F)F. The van der Waals surface area contributed by atoms with E-state index in [1.54, 1.807) is 36.4 Å². The third kappa shape index (κ3) is 4.16. The Balaban J connectivity index is 2.07. The van der Waals surface area contributed by atoms with Gasteiger partial charge in [0.05, 0.1) is 0 Å². The van der Waals surface area contributed by atoms with E-state index >= 15 is 0 Å². The van der Waals surface area contributed by atoms with Crippen LogP contribution in [0.1, 0.15) is 24.1 Å². The summed E-state index contributed by atoms with van der Waals surface area (Å²) in [7, 11) is 0. The molecular formula is C16H17F2NO2. The standard InChI is InChI=1S/C16H17F2NO2/c1-11(19-10-12-6-2-4-8-14(12)20)13-7-3-5-9-15(13)21-16(17)18/h2-9,11,16,19-20H,10H2,1H3. The zero-order valence-corrected chi connectivity index (χ0v) is 11.6. The number of hydrogen-bond donors (Lipinski definition) is 2. The van der Waals surface area contributed by atoms with Crippen LogP contribution >= 0.6 is 0 Å². The summed E-state index contributed by atoms with van der Waals surface area (Å²) in [6.45, 7) is -0.568. The molecule has 0 fully saturated rings. The Hall–Kier alpha value is -2.14.